The van der Waals surface area contributed by atoms with Crippen molar-refractivity contribution in [2.45, 2.75) is 31.8 Å². The molecule has 0 spiro atoms. The second-order valence-electron chi connectivity index (χ2n) is 7.44. The van der Waals surface area contributed by atoms with Crippen LogP contribution in [-0.2, 0) is 32.0 Å². The molecule has 0 fully saturated rings. The second kappa shape index (κ2) is 12.2. The number of aromatic hydroxyl groups is 2. The molecule has 12 heteroatoms. The molecule has 0 aliphatic carbocycles. The molecule has 0 aliphatic heterocycles. The average molecular weight is 489 g/mol. The number of hydrogen-bond donors (Lipinski definition) is 5. The highest BCUT2D eigenvalue weighted by molar-refractivity contribution is 5.87. The number of amides is 2. The van der Waals surface area contributed by atoms with Gasteiger partial charge in [-0.2, -0.15) is 0 Å². The Morgan fingerprint density at radius 1 is 0.943 bits per heavy atom. The number of nitrogens with two attached hydrogens (primary N) is 1. The standard InChI is InChI=1S/C23H27N3O9/c1-12(27)34-19-7-5-14(11-20(19)35-23(32)25-2)9-16(22(31)33-3)26-21(30)15(24)8-13-4-6-17(28)18(29)10-13/h4-7,10-11,15-16,28-29H,8-9,24H2,1-3H3,(H,25,32)(H,26,30)/t15-,16+/m1/s1. The van der Waals surface area contributed by atoms with Crippen molar-refractivity contribution in [3.05, 3.63) is 47.5 Å². The Hall–Kier alpha value is -4.32. The highest BCUT2D eigenvalue weighted by atomic mass is 16.6. The summed E-state index contributed by atoms with van der Waals surface area (Å²) in [6.45, 7) is 1.18. The van der Waals surface area contributed by atoms with Crippen molar-refractivity contribution >= 4 is 23.9 Å². The summed E-state index contributed by atoms with van der Waals surface area (Å²) in [5.41, 5.74) is 6.91. The molecule has 0 heterocycles. The zero-order valence-corrected chi connectivity index (χ0v) is 19.4. The average Bonchev–Trinajstić information content (AvgIpc) is 2.81. The third-order valence-electron chi connectivity index (χ3n) is 4.74. The van der Waals surface area contributed by atoms with Gasteiger partial charge in [-0.3, -0.25) is 9.59 Å². The van der Waals surface area contributed by atoms with E-state index in [2.05, 4.69) is 10.6 Å². The minimum Gasteiger partial charge on any atom is -0.504 e. The maximum atomic E-state index is 12.7. The summed E-state index contributed by atoms with van der Waals surface area (Å²) in [4.78, 5) is 48.0. The normalized spacial score (nSPS) is 12.1. The summed E-state index contributed by atoms with van der Waals surface area (Å²) < 4.78 is 14.9. The van der Waals surface area contributed by atoms with Gasteiger partial charge in [0, 0.05) is 20.4 Å². The predicted octanol–water partition coefficient (Wildman–Crippen LogP) is 0.512. The molecule has 0 bridgehead atoms. The van der Waals surface area contributed by atoms with Crippen LogP contribution in [0.25, 0.3) is 0 Å². The summed E-state index contributed by atoms with van der Waals surface area (Å²) in [6, 6.07) is 6.12. The number of phenolic OH excluding ortho intramolecular Hbond substituents is 2. The Labute approximate surface area is 201 Å². The Morgan fingerprint density at radius 3 is 2.20 bits per heavy atom. The van der Waals surface area contributed by atoms with E-state index in [0.717, 1.165) is 7.11 Å². The molecule has 188 valence electrons. The van der Waals surface area contributed by atoms with Crippen molar-refractivity contribution in [2.75, 3.05) is 14.2 Å². The van der Waals surface area contributed by atoms with Gasteiger partial charge in [-0.25, -0.2) is 9.59 Å². The maximum absolute atomic E-state index is 12.7. The number of carbonyl (C=O) groups excluding carboxylic acids is 4. The molecule has 0 saturated carbocycles. The van der Waals surface area contributed by atoms with Crippen LogP contribution in [0.15, 0.2) is 36.4 Å². The third kappa shape index (κ3) is 7.89. The number of phenols is 2. The van der Waals surface area contributed by atoms with Gasteiger partial charge in [0.2, 0.25) is 5.91 Å². The van der Waals surface area contributed by atoms with Crippen molar-refractivity contribution in [3.63, 3.8) is 0 Å². The smallest absolute Gasteiger partial charge is 0.412 e. The molecule has 12 nitrogen and oxygen atoms in total. The Balaban J connectivity index is 2.19. The summed E-state index contributed by atoms with van der Waals surface area (Å²) in [5, 5.41) is 23.8. The summed E-state index contributed by atoms with van der Waals surface area (Å²) in [5.74, 6) is -2.78. The Morgan fingerprint density at radius 2 is 1.60 bits per heavy atom. The topological polar surface area (TPSA) is 187 Å². The first-order chi connectivity index (χ1) is 16.5. The minimum atomic E-state index is -1.14. The van der Waals surface area contributed by atoms with Crippen LogP contribution in [0.1, 0.15) is 18.1 Å². The van der Waals surface area contributed by atoms with Gasteiger partial charge in [0.15, 0.2) is 23.0 Å². The fourth-order valence-corrected chi connectivity index (χ4v) is 3.04. The van der Waals surface area contributed by atoms with Crippen LogP contribution in [0.3, 0.4) is 0 Å². The van der Waals surface area contributed by atoms with E-state index in [1.807, 2.05) is 0 Å². The molecule has 2 aromatic rings. The van der Waals surface area contributed by atoms with Crippen LogP contribution >= 0.6 is 0 Å². The summed E-state index contributed by atoms with van der Waals surface area (Å²) >= 11 is 0. The Bertz CT molecular complexity index is 1100. The van der Waals surface area contributed by atoms with Crippen LogP contribution in [-0.4, -0.2) is 60.4 Å². The molecule has 35 heavy (non-hydrogen) atoms. The van der Waals surface area contributed by atoms with Crippen molar-refractivity contribution in [2.24, 2.45) is 5.73 Å². The molecule has 6 N–H and O–H groups in total. The molecule has 0 aromatic heterocycles. The number of esters is 2. The van der Waals surface area contributed by atoms with Crippen molar-refractivity contribution in [3.8, 4) is 23.0 Å². The van der Waals surface area contributed by atoms with Crippen LogP contribution in [0.5, 0.6) is 23.0 Å². The molecule has 0 radical (unpaired) electrons. The minimum absolute atomic E-state index is 0.0114. The van der Waals surface area contributed by atoms with Crippen molar-refractivity contribution in [1.82, 2.24) is 10.6 Å². The van der Waals surface area contributed by atoms with Crippen LogP contribution < -0.4 is 25.8 Å². The molecule has 0 saturated heterocycles. The number of carbonyl (C=O) groups is 4. The van der Waals surface area contributed by atoms with E-state index in [1.54, 1.807) is 0 Å². The monoisotopic (exact) mass is 489 g/mol. The van der Waals surface area contributed by atoms with Gasteiger partial charge in [0.1, 0.15) is 6.04 Å². The highest BCUT2D eigenvalue weighted by Gasteiger charge is 2.26. The molecule has 2 aromatic carbocycles. The highest BCUT2D eigenvalue weighted by Crippen LogP contribution is 2.29. The van der Waals surface area contributed by atoms with Crippen LogP contribution in [0.2, 0.25) is 0 Å². The lowest BCUT2D eigenvalue weighted by molar-refractivity contribution is -0.145. The second-order valence-corrected chi connectivity index (χ2v) is 7.44. The molecular formula is C23H27N3O9. The first-order valence-corrected chi connectivity index (χ1v) is 10.4. The van der Waals surface area contributed by atoms with E-state index in [4.69, 9.17) is 19.9 Å². The lowest BCUT2D eigenvalue weighted by Crippen LogP contribution is -2.50. The number of rotatable bonds is 9. The zero-order chi connectivity index (χ0) is 26.1. The van der Waals surface area contributed by atoms with Gasteiger partial charge in [0.25, 0.3) is 0 Å². The molecule has 2 amide bonds. The van der Waals surface area contributed by atoms with Gasteiger partial charge in [-0.05, 0) is 41.8 Å². The van der Waals surface area contributed by atoms with Gasteiger partial charge in [-0.1, -0.05) is 12.1 Å². The van der Waals surface area contributed by atoms with E-state index in [-0.39, 0.29) is 35.8 Å². The van der Waals surface area contributed by atoms with E-state index in [1.165, 1.54) is 50.4 Å². The quantitative estimate of drug-likeness (QED) is 0.189. The Kier molecular flexibility index (Phi) is 9.41. The number of methoxy groups -OCH3 is 1. The molecule has 0 aliphatic rings. The van der Waals surface area contributed by atoms with E-state index >= 15 is 0 Å². The predicted molar refractivity (Wildman–Crippen MR) is 122 cm³/mol. The van der Waals surface area contributed by atoms with Gasteiger partial charge in [0.05, 0.1) is 13.2 Å². The lowest BCUT2D eigenvalue weighted by Gasteiger charge is -2.20. The largest absolute Gasteiger partial charge is 0.504 e. The fraction of sp³-hybridized carbons (Fsp3) is 0.304. The number of nitrogens with one attached hydrogen (secondary N) is 2. The van der Waals surface area contributed by atoms with Crippen LogP contribution in [0, 0.1) is 0 Å². The van der Waals surface area contributed by atoms with Crippen molar-refractivity contribution in [1.29, 1.82) is 0 Å². The molecule has 0 unspecified atom stereocenters. The third-order valence-corrected chi connectivity index (χ3v) is 4.74. The van der Waals surface area contributed by atoms with Gasteiger partial charge >= 0.3 is 18.0 Å². The van der Waals surface area contributed by atoms with E-state index in [0.29, 0.717) is 11.1 Å². The lowest BCUT2D eigenvalue weighted by atomic mass is 10.0. The number of ether oxygens (including phenoxy) is 3. The van der Waals surface area contributed by atoms with Crippen LogP contribution in [0.4, 0.5) is 4.79 Å². The van der Waals surface area contributed by atoms with Gasteiger partial charge in [-0.15, -0.1) is 0 Å². The summed E-state index contributed by atoms with van der Waals surface area (Å²) in [7, 11) is 2.51. The number of hydrogen-bond acceptors (Lipinski definition) is 10. The first-order valence-electron chi connectivity index (χ1n) is 10.4. The van der Waals surface area contributed by atoms with Gasteiger partial charge < -0.3 is 40.8 Å². The first kappa shape index (κ1) is 26.9. The molecular weight excluding hydrogens is 462 g/mol. The fourth-order valence-electron chi connectivity index (χ4n) is 3.04. The van der Waals surface area contributed by atoms with E-state index in [9.17, 15) is 29.4 Å². The SMILES string of the molecule is CNC(=O)Oc1cc(C[C@H](NC(=O)[C@H](N)Cc2ccc(O)c(O)c2)C(=O)OC)ccc1OC(C)=O. The number of benzene rings is 2. The van der Waals surface area contributed by atoms with E-state index < -0.39 is 36.0 Å². The molecule has 2 rings (SSSR count). The zero-order valence-electron chi connectivity index (χ0n) is 19.4. The maximum Gasteiger partial charge on any atom is 0.412 e. The summed E-state index contributed by atoms with van der Waals surface area (Å²) in [6.07, 6.45) is -0.843. The molecule has 2 atom stereocenters. The van der Waals surface area contributed by atoms with Crippen molar-refractivity contribution < 1.29 is 43.6 Å².